The molecule has 2 fully saturated rings. The Balaban J connectivity index is 0.00000280. The maximum absolute atomic E-state index is 5.90. The van der Waals surface area contributed by atoms with Crippen LogP contribution in [0.5, 0.6) is 0 Å². The fraction of sp³-hybridized carbons (Fsp3) is 0.682. The molecule has 6 heteroatoms. The molecule has 0 spiro atoms. The van der Waals surface area contributed by atoms with Gasteiger partial charge in [0.25, 0.3) is 0 Å². The first-order chi connectivity index (χ1) is 13.3. The van der Waals surface area contributed by atoms with Crippen LogP contribution in [0.3, 0.4) is 0 Å². The van der Waals surface area contributed by atoms with Crippen LogP contribution in [0.25, 0.3) is 0 Å². The van der Waals surface area contributed by atoms with E-state index in [-0.39, 0.29) is 24.0 Å². The maximum atomic E-state index is 5.90. The topological polar surface area (TPSA) is 48.9 Å². The van der Waals surface area contributed by atoms with E-state index in [1.807, 2.05) is 7.05 Å². The van der Waals surface area contributed by atoms with Gasteiger partial charge >= 0.3 is 0 Å². The van der Waals surface area contributed by atoms with E-state index >= 15 is 0 Å². The number of guanidine groups is 1. The van der Waals surface area contributed by atoms with E-state index in [2.05, 4.69) is 44.8 Å². The summed E-state index contributed by atoms with van der Waals surface area (Å²) in [7, 11) is 1.82. The van der Waals surface area contributed by atoms with Gasteiger partial charge in [0.15, 0.2) is 5.96 Å². The number of rotatable bonds is 9. The number of ether oxygens (including phenoxy) is 1. The number of benzene rings is 1. The SMILES string of the molecule is CN=C(NCCCOC1CCCC1)NCc1ccc(CN2CCCC2)cc1.I. The van der Waals surface area contributed by atoms with Crippen LogP contribution in [0.1, 0.15) is 56.1 Å². The molecule has 1 heterocycles. The molecule has 1 aromatic carbocycles. The second-order valence-electron chi connectivity index (χ2n) is 7.78. The van der Waals surface area contributed by atoms with E-state index in [1.54, 1.807) is 0 Å². The van der Waals surface area contributed by atoms with E-state index in [9.17, 15) is 0 Å². The number of likely N-dealkylation sites (tertiary alicyclic amines) is 1. The highest BCUT2D eigenvalue weighted by Gasteiger charge is 2.14. The van der Waals surface area contributed by atoms with Gasteiger partial charge in [0.05, 0.1) is 6.10 Å². The maximum Gasteiger partial charge on any atom is 0.191 e. The van der Waals surface area contributed by atoms with Gasteiger partial charge in [-0.25, -0.2) is 0 Å². The third-order valence-corrected chi connectivity index (χ3v) is 5.58. The molecule has 1 saturated heterocycles. The van der Waals surface area contributed by atoms with Gasteiger partial charge in [0.2, 0.25) is 0 Å². The molecule has 0 aromatic heterocycles. The fourth-order valence-electron chi connectivity index (χ4n) is 3.95. The Kier molecular flexibility index (Phi) is 11.2. The smallest absolute Gasteiger partial charge is 0.191 e. The van der Waals surface area contributed by atoms with Crippen molar-refractivity contribution in [2.24, 2.45) is 4.99 Å². The van der Waals surface area contributed by atoms with Gasteiger partial charge in [0.1, 0.15) is 0 Å². The van der Waals surface area contributed by atoms with Crippen LogP contribution in [0.2, 0.25) is 0 Å². The van der Waals surface area contributed by atoms with Gasteiger partial charge in [-0.15, -0.1) is 24.0 Å². The molecule has 1 aliphatic carbocycles. The van der Waals surface area contributed by atoms with Crippen LogP contribution in [0.15, 0.2) is 29.3 Å². The van der Waals surface area contributed by atoms with Crippen LogP contribution in [0.4, 0.5) is 0 Å². The van der Waals surface area contributed by atoms with Crippen molar-refractivity contribution >= 4 is 29.9 Å². The number of hydrogen-bond donors (Lipinski definition) is 2. The van der Waals surface area contributed by atoms with Gasteiger partial charge in [-0.3, -0.25) is 9.89 Å². The Morgan fingerprint density at radius 3 is 2.39 bits per heavy atom. The zero-order valence-electron chi connectivity index (χ0n) is 17.3. The minimum Gasteiger partial charge on any atom is -0.378 e. The first kappa shape index (κ1) is 23.4. The van der Waals surface area contributed by atoms with Crippen molar-refractivity contribution in [1.29, 1.82) is 0 Å². The zero-order chi connectivity index (χ0) is 18.7. The van der Waals surface area contributed by atoms with Crippen LogP contribution >= 0.6 is 24.0 Å². The molecule has 1 aliphatic heterocycles. The largest absolute Gasteiger partial charge is 0.378 e. The lowest BCUT2D eigenvalue weighted by Gasteiger charge is -2.15. The van der Waals surface area contributed by atoms with Crippen LogP contribution in [0, 0.1) is 0 Å². The summed E-state index contributed by atoms with van der Waals surface area (Å²) >= 11 is 0. The highest BCUT2D eigenvalue weighted by Crippen LogP contribution is 2.20. The standard InChI is InChI=1S/C22H36N4O.HI/c1-23-22(24-13-6-16-27-21-7-2-3-8-21)25-17-19-9-11-20(12-10-19)18-26-14-4-5-15-26;/h9-12,21H,2-8,13-18H2,1H3,(H2,23,24,25);1H. The van der Waals surface area contributed by atoms with Crippen molar-refractivity contribution in [3.05, 3.63) is 35.4 Å². The molecular weight excluding hydrogens is 463 g/mol. The Bertz CT molecular complexity index is 566. The summed E-state index contributed by atoms with van der Waals surface area (Å²) in [6.07, 6.45) is 9.37. The predicted octanol–water partition coefficient (Wildman–Crippen LogP) is 3.91. The molecule has 28 heavy (non-hydrogen) atoms. The number of halogens is 1. The molecule has 0 amide bonds. The second-order valence-corrected chi connectivity index (χ2v) is 7.78. The van der Waals surface area contributed by atoms with Crippen molar-refractivity contribution < 1.29 is 4.74 Å². The lowest BCUT2D eigenvalue weighted by Crippen LogP contribution is -2.37. The van der Waals surface area contributed by atoms with Crippen molar-refractivity contribution in [3.8, 4) is 0 Å². The molecule has 1 saturated carbocycles. The van der Waals surface area contributed by atoms with E-state index in [4.69, 9.17) is 4.74 Å². The Morgan fingerprint density at radius 2 is 1.71 bits per heavy atom. The Morgan fingerprint density at radius 1 is 1.04 bits per heavy atom. The van der Waals surface area contributed by atoms with Crippen LogP contribution in [-0.2, 0) is 17.8 Å². The summed E-state index contributed by atoms with van der Waals surface area (Å²) in [5.41, 5.74) is 2.69. The molecule has 0 bridgehead atoms. The van der Waals surface area contributed by atoms with E-state index in [1.165, 1.54) is 62.7 Å². The van der Waals surface area contributed by atoms with E-state index in [0.29, 0.717) is 6.10 Å². The second kappa shape index (κ2) is 13.4. The summed E-state index contributed by atoms with van der Waals surface area (Å²) in [5, 5.41) is 6.77. The first-order valence-electron chi connectivity index (χ1n) is 10.7. The van der Waals surface area contributed by atoms with E-state index < -0.39 is 0 Å². The minimum atomic E-state index is 0. The number of nitrogens with one attached hydrogen (secondary N) is 2. The van der Waals surface area contributed by atoms with Crippen molar-refractivity contribution in [3.63, 3.8) is 0 Å². The molecule has 0 unspecified atom stereocenters. The molecule has 3 rings (SSSR count). The summed E-state index contributed by atoms with van der Waals surface area (Å²) in [6, 6.07) is 8.96. The average Bonchev–Trinajstić information content (AvgIpc) is 3.39. The lowest BCUT2D eigenvalue weighted by molar-refractivity contribution is 0.0574. The van der Waals surface area contributed by atoms with Crippen molar-refractivity contribution in [2.45, 2.75) is 64.1 Å². The monoisotopic (exact) mass is 500 g/mol. The molecular formula is C22H37IN4O. The summed E-state index contributed by atoms with van der Waals surface area (Å²) in [5.74, 6) is 0.858. The average molecular weight is 500 g/mol. The molecule has 0 atom stereocenters. The highest BCUT2D eigenvalue weighted by atomic mass is 127. The first-order valence-corrected chi connectivity index (χ1v) is 10.7. The predicted molar refractivity (Wildman–Crippen MR) is 127 cm³/mol. The van der Waals surface area contributed by atoms with Crippen molar-refractivity contribution in [2.75, 3.05) is 33.3 Å². The third kappa shape index (κ3) is 8.25. The van der Waals surface area contributed by atoms with Gasteiger partial charge in [0, 0.05) is 33.3 Å². The molecule has 1 aromatic rings. The van der Waals surface area contributed by atoms with Gasteiger partial charge in [-0.2, -0.15) is 0 Å². The Labute approximate surface area is 187 Å². The normalized spacial score (nSPS) is 18.2. The molecule has 2 aliphatic rings. The Hall–Kier alpha value is -0.860. The van der Waals surface area contributed by atoms with Gasteiger partial charge in [-0.05, 0) is 56.3 Å². The minimum absolute atomic E-state index is 0. The molecule has 2 N–H and O–H groups in total. The molecule has 158 valence electrons. The molecule has 5 nitrogen and oxygen atoms in total. The van der Waals surface area contributed by atoms with E-state index in [0.717, 1.165) is 38.6 Å². The summed E-state index contributed by atoms with van der Waals surface area (Å²) < 4.78 is 5.90. The number of aliphatic imine (C=N–C) groups is 1. The molecule has 0 radical (unpaired) electrons. The summed E-state index contributed by atoms with van der Waals surface area (Å²) in [6.45, 7) is 6.10. The van der Waals surface area contributed by atoms with Crippen LogP contribution in [-0.4, -0.2) is 50.3 Å². The summed E-state index contributed by atoms with van der Waals surface area (Å²) in [4.78, 5) is 6.85. The van der Waals surface area contributed by atoms with Gasteiger partial charge in [-0.1, -0.05) is 37.1 Å². The quantitative estimate of drug-likeness (QED) is 0.234. The number of hydrogen-bond acceptors (Lipinski definition) is 3. The zero-order valence-corrected chi connectivity index (χ0v) is 19.6. The van der Waals surface area contributed by atoms with Crippen LogP contribution < -0.4 is 10.6 Å². The third-order valence-electron chi connectivity index (χ3n) is 5.58. The van der Waals surface area contributed by atoms with Gasteiger partial charge < -0.3 is 15.4 Å². The number of nitrogens with zero attached hydrogens (tertiary/aromatic N) is 2. The highest BCUT2D eigenvalue weighted by molar-refractivity contribution is 14.0. The van der Waals surface area contributed by atoms with Crippen molar-refractivity contribution in [1.82, 2.24) is 15.5 Å². The lowest BCUT2D eigenvalue weighted by atomic mass is 10.1. The fourth-order valence-corrected chi connectivity index (χ4v) is 3.95.